The summed E-state index contributed by atoms with van der Waals surface area (Å²) >= 11 is 0. The van der Waals surface area contributed by atoms with E-state index < -0.39 is 12.2 Å². The van der Waals surface area contributed by atoms with Gasteiger partial charge in [-0.1, -0.05) is 96.8 Å². The molecule has 2 saturated heterocycles. The standard InChI is InChI=1S/C35H62O7/c1-3-4-5-6-7-8-9-10-11-15-18-29(37)31-20-22-33(41-31)34-23-21-32(42-34)30(38)19-16-13-12-14-17-28(36)25-27-24-26(2)40-35(27)39/h24,26,28-34,36-38H,3-23,25H2,1-2H3/t26-,28?,29+,30+,31-,32+,33+,34+/m0/s1. The Balaban J connectivity index is 1.17. The number of aliphatic hydroxyl groups excluding tert-OH is 3. The highest BCUT2D eigenvalue weighted by molar-refractivity contribution is 5.90. The molecular formula is C35H62O7. The van der Waals surface area contributed by atoms with Crippen LogP contribution in [0.25, 0.3) is 0 Å². The Morgan fingerprint density at radius 3 is 1.60 bits per heavy atom. The van der Waals surface area contributed by atoms with Gasteiger partial charge in [0.15, 0.2) is 0 Å². The molecule has 0 aliphatic carbocycles. The Morgan fingerprint density at radius 2 is 1.14 bits per heavy atom. The maximum atomic E-state index is 11.7. The number of cyclic esters (lactones) is 1. The van der Waals surface area contributed by atoms with Crippen LogP contribution in [-0.2, 0) is 19.0 Å². The smallest absolute Gasteiger partial charge is 0.334 e. The molecule has 3 rings (SSSR count). The first-order valence-corrected chi connectivity index (χ1v) is 17.6. The maximum absolute atomic E-state index is 11.7. The van der Waals surface area contributed by atoms with Crippen LogP contribution in [0.1, 0.15) is 155 Å². The molecule has 244 valence electrons. The zero-order valence-electron chi connectivity index (χ0n) is 26.7. The molecule has 3 aliphatic rings. The van der Waals surface area contributed by atoms with E-state index in [0.717, 1.165) is 70.6 Å². The highest BCUT2D eigenvalue weighted by atomic mass is 16.6. The third-order valence-electron chi connectivity index (χ3n) is 9.53. The quantitative estimate of drug-likeness (QED) is 0.0858. The largest absolute Gasteiger partial charge is 0.455 e. The molecule has 0 radical (unpaired) electrons. The Labute approximate surface area is 255 Å². The summed E-state index contributed by atoms with van der Waals surface area (Å²) in [5, 5.41) is 31.7. The van der Waals surface area contributed by atoms with Gasteiger partial charge < -0.3 is 29.5 Å². The summed E-state index contributed by atoms with van der Waals surface area (Å²) in [5.74, 6) is -0.302. The summed E-state index contributed by atoms with van der Waals surface area (Å²) in [6.07, 6.45) is 23.2. The summed E-state index contributed by atoms with van der Waals surface area (Å²) < 4.78 is 17.6. The van der Waals surface area contributed by atoms with Crippen molar-refractivity contribution >= 4 is 5.97 Å². The minimum atomic E-state index is -0.512. The van der Waals surface area contributed by atoms with Crippen molar-refractivity contribution in [3.05, 3.63) is 11.6 Å². The fraction of sp³-hybridized carbons (Fsp3) is 0.914. The summed E-state index contributed by atoms with van der Waals surface area (Å²) in [7, 11) is 0. The summed E-state index contributed by atoms with van der Waals surface area (Å²) in [6.45, 7) is 4.09. The van der Waals surface area contributed by atoms with Crippen LogP contribution in [0.3, 0.4) is 0 Å². The summed E-state index contributed by atoms with van der Waals surface area (Å²) in [5.41, 5.74) is 0.590. The van der Waals surface area contributed by atoms with Gasteiger partial charge in [0.05, 0.1) is 42.7 Å². The zero-order valence-corrected chi connectivity index (χ0v) is 26.7. The van der Waals surface area contributed by atoms with Crippen LogP contribution in [0.5, 0.6) is 0 Å². The Morgan fingerprint density at radius 1 is 0.690 bits per heavy atom. The van der Waals surface area contributed by atoms with E-state index in [-0.39, 0.29) is 42.6 Å². The van der Waals surface area contributed by atoms with Crippen LogP contribution in [0, 0.1) is 0 Å². The first kappa shape index (κ1) is 35.5. The molecule has 3 N–H and O–H groups in total. The molecular weight excluding hydrogens is 532 g/mol. The minimum Gasteiger partial charge on any atom is -0.455 e. The highest BCUT2D eigenvalue weighted by Crippen LogP contribution is 2.34. The van der Waals surface area contributed by atoms with Gasteiger partial charge in [0.2, 0.25) is 0 Å². The van der Waals surface area contributed by atoms with Crippen LogP contribution >= 0.6 is 0 Å². The predicted octanol–water partition coefficient (Wildman–Crippen LogP) is 7.08. The van der Waals surface area contributed by atoms with Gasteiger partial charge in [0.1, 0.15) is 6.10 Å². The van der Waals surface area contributed by atoms with Crippen molar-refractivity contribution in [3.8, 4) is 0 Å². The number of hydrogen-bond donors (Lipinski definition) is 3. The van der Waals surface area contributed by atoms with E-state index in [1.165, 1.54) is 57.8 Å². The Bertz CT molecular complexity index is 770. The molecule has 0 spiro atoms. The van der Waals surface area contributed by atoms with Crippen molar-refractivity contribution in [1.82, 2.24) is 0 Å². The van der Waals surface area contributed by atoms with E-state index in [1.807, 2.05) is 6.92 Å². The number of hydrogen-bond acceptors (Lipinski definition) is 7. The van der Waals surface area contributed by atoms with Crippen LogP contribution in [-0.4, -0.2) is 70.1 Å². The summed E-state index contributed by atoms with van der Waals surface area (Å²) in [4.78, 5) is 11.7. The average molecular weight is 595 g/mol. The minimum absolute atomic E-state index is 0.0240. The topological polar surface area (TPSA) is 105 Å². The molecule has 1 unspecified atom stereocenters. The fourth-order valence-corrected chi connectivity index (χ4v) is 6.93. The van der Waals surface area contributed by atoms with Gasteiger partial charge >= 0.3 is 5.97 Å². The number of rotatable bonds is 23. The lowest BCUT2D eigenvalue weighted by Gasteiger charge is -2.24. The molecule has 7 heteroatoms. The van der Waals surface area contributed by atoms with Crippen LogP contribution in [0.15, 0.2) is 11.6 Å². The van der Waals surface area contributed by atoms with Crippen LogP contribution in [0.2, 0.25) is 0 Å². The van der Waals surface area contributed by atoms with E-state index >= 15 is 0 Å². The lowest BCUT2D eigenvalue weighted by atomic mass is 9.99. The van der Waals surface area contributed by atoms with Crippen molar-refractivity contribution in [2.24, 2.45) is 0 Å². The van der Waals surface area contributed by atoms with Gasteiger partial charge in [0.25, 0.3) is 0 Å². The lowest BCUT2D eigenvalue weighted by molar-refractivity contribution is -0.139. The molecule has 2 fully saturated rings. The van der Waals surface area contributed by atoms with Gasteiger partial charge in [-0.3, -0.25) is 0 Å². The number of esters is 1. The molecule has 0 aromatic carbocycles. The predicted molar refractivity (Wildman–Crippen MR) is 166 cm³/mol. The number of carbonyl (C=O) groups is 1. The van der Waals surface area contributed by atoms with Crippen molar-refractivity contribution in [2.45, 2.75) is 204 Å². The van der Waals surface area contributed by atoms with Crippen molar-refractivity contribution in [3.63, 3.8) is 0 Å². The summed E-state index contributed by atoms with van der Waals surface area (Å²) in [6, 6.07) is 0. The third kappa shape index (κ3) is 12.9. The van der Waals surface area contributed by atoms with Crippen molar-refractivity contribution in [1.29, 1.82) is 0 Å². The molecule has 3 heterocycles. The van der Waals surface area contributed by atoms with E-state index in [4.69, 9.17) is 14.2 Å². The second-order valence-electron chi connectivity index (χ2n) is 13.3. The molecule has 0 aromatic heterocycles. The first-order valence-electron chi connectivity index (χ1n) is 17.6. The average Bonchev–Trinajstić information content (AvgIpc) is 3.72. The van der Waals surface area contributed by atoms with Crippen LogP contribution in [0.4, 0.5) is 0 Å². The number of ether oxygens (including phenoxy) is 3. The third-order valence-corrected chi connectivity index (χ3v) is 9.53. The zero-order chi connectivity index (χ0) is 30.2. The highest BCUT2D eigenvalue weighted by Gasteiger charge is 2.40. The molecule has 0 amide bonds. The van der Waals surface area contributed by atoms with Crippen LogP contribution < -0.4 is 0 Å². The number of aliphatic hydroxyl groups is 3. The van der Waals surface area contributed by atoms with E-state index in [0.29, 0.717) is 18.4 Å². The molecule has 7 nitrogen and oxygen atoms in total. The number of unbranched alkanes of at least 4 members (excludes halogenated alkanes) is 12. The molecule has 0 bridgehead atoms. The second kappa shape index (κ2) is 20.1. The monoisotopic (exact) mass is 594 g/mol. The van der Waals surface area contributed by atoms with Gasteiger partial charge in [-0.05, 0) is 57.9 Å². The normalized spacial score (nSPS) is 28.2. The molecule has 42 heavy (non-hydrogen) atoms. The van der Waals surface area contributed by atoms with E-state index in [1.54, 1.807) is 6.08 Å². The fourth-order valence-electron chi connectivity index (χ4n) is 6.93. The Kier molecular flexibility index (Phi) is 17.0. The second-order valence-corrected chi connectivity index (χ2v) is 13.3. The molecule has 3 aliphatic heterocycles. The van der Waals surface area contributed by atoms with Gasteiger partial charge in [0, 0.05) is 12.0 Å². The molecule has 8 atom stereocenters. The number of carbonyl (C=O) groups excluding carboxylic acids is 1. The van der Waals surface area contributed by atoms with Gasteiger partial charge in [-0.2, -0.15) is 0 Å². The van der Waals surface area contributed by atoms with E-state index in [2.05, 4.69) is 6.92 Å². The lowest BCUT2D eigenvalue weighted by Crippen LogP contribution is -2.33. The van der Waals surface area contributed by atoms with Crippen molar-refractivity contribution < 1.29 is 34.3 Å². The Hall–Kier alpha value is -0.990. The maximum Gasteiger partial charge on any atom is 0.334 e. The molecule has 0 aromatic rings. The first-order chi connectivity index (χ1) is 20.4. The van der Waals surface area contributed by atoms with Crippen molar-refractivity contribution in [2.75, 3.05) is 0 Å². The molecule has 0 saturated carbocycles. The van der Waals surface area contributed by atoms with E-state index in [9.17, 15) is 20.1 Å². The SMILES string of the molecule is CCCCCCCCCCCC[C@@H](O)[C@@H]1CC[C@H]([C@H]2CC[C@H]([C@H](O)CCCCCCC(O)CC3=C[C@H](C)OC3=O)O2)O1. The van der Waals surface area contributed by atoms with Gasteiger partial charge in [-0.25, -0.2) is 4.79 Å². The van der Waals surface area contributed by atoms with Gasteiger partial charge in [-0.15, -0.1) is 0 Å².